The van der Waals surface area contributed by atoms with E-state index in [0.717, 1.165) is 15.6 Å². The molecule has 1 aromatic rings. The topological polar surface area (TPSA) is 71.0 Å². The molecule has 0 bridgehead atoms. The van der Waals surface area contributed by atoms with Gasteiger partial charge in [0.1, 0.15) is 6.10 Å². The molecule has 1 aliphatic heterocycles. The minimum Gasteiger partial charge on any atom is -0.390 e. The Balaban J connectivity index is 1.96. The van der Waals surface area contributed by atoms with E-state index in [1.54, 1.807) is 0 Å². The Bertz CT molecular complexity index is 653. The first-order chi connectivity index (χ1) is 9.79. The van der Waals surface area contributed by atoms with Gasteiger partial charge in [-0.15, -0.1) is 0 Å². The van der Waals surface area contributed by atoms with Crippen LogP contribution in [0.5, 0.6) is 0 Å². The number of nitrogens with zero attached hydrogens (tertiary/aromatic N) is 2. The van der Waals surface area contributed by atoms with Crippen molar-refractivity contribution in [1.29, 1.82) is 0 Å². The lowest BCUT2D eigenvalue weighted by Gasteiger charge is -2.14. The van der Waals surface area contributed by atoms with Crippen molar-refractivity contribution < 1.29 is 13.3 Å². The van der Waals surface area contributed by atoms with Gasteiger partial charge in [-0.1, -0.05) is 17.3 Å². The summed E-state index contributed by atoms with van der Waals surface area (Å²) in [5.74, 6) is 0. The standard InChI is InChI=1S/C14H21N3O3S/c1-10-5-6-12(7-11(10)2)14-8-13(20-16-14)9-15-21(18,19)17(3)4/h5-7,13,15H,8-9H2,1-4H3/t13-/m1/s1. The van der Waals surface area contributed by atoms with Crippen molar-refractivity contribution in [3.05, 3.63) is 34.9 Å². The molecule has 1 aromatic carbocycles. The molecule has 0 aromatic heterocycles. The highest BCUT2D eigenvalue weighted by molar-refractivity contribution is 7.87. The second kappa shape index (κ2) is 6.13. The quantitative estimate of drug-likeness (QED) is 0.888. The zero-order chi connectivity index (χ0) is 15.6. The Morgan fingerprint density at radius 3 is 2.67 bits per heavy atom. The normalized spacial score (nSPS) is 18.7. The molecular weight excluding hydrogens is 290 g/mol. The largest absolute Gasteiger partial charge is 0.390 e. The van der Waals surface area contributed by atoms with Gasteiger partial charge in [-0.3, -0.25) is 0 Å². The fourth-order valence-electron chi connectivity index (χ4n) is 1.96. The molecule has 0 radical (unpaired) electrons. The predicted molar refractivity (Wildman–Crippen MR) is 82.6 cm³/mol. The van der Waals surface area contributed by atoms with Gasteiger partial charge in [-0.25, -0.2) is 0 Å². The third-order valence-electron chi connectivity index (χ3n) is 3.55. The maximum Gasteiger partial charge on any atom is 0.279 e. The molecule has 0 amide bonds. The summed E-state index contributed by atoms with van der Waals surface area (Å²) in [5, 5.41) is 4.07. The van der Waals surface area contributed by atoms with E-state index in [-0.39, 0.29) is 12.6 Å². The third kappa shape index (κ3) is 3.81. The van der Waals surface area contributed by atoms with E-state index in [0.29, 0.717) is 6.42 Å². The molecule has 116 valence electrons. The number of rotatable bonds is 5. The van der Waals surface area contributed by atoms with E-state index in [4.69, 9.17) is 4.84 Å². The molecule has 0 fully saturated rings. The second-order valence-electron chi connectivity index (χ2n) is 5.40. The van der Waals surface area contributed by atoms with Crippen LogP contribution < -0.4 is 4.72 Å². The van der Waals surface area contributed by atoms with Crippen LogP contribution in [0.4, 0.5) is 0 Å². The fraction of sp³-hybridized carbons (Fsp3) is 0.500. The van der Waals surface area contributed by atoms with Gasteiger partial charge in [0.15, 0.2) is 0 Å². The summed E-state index contributed by atoms with van der Waals surface area (Å²) in [6.07, 6.45) is 0.328. The molecule has 0 saturated carbocycles. The molecule has 0 spiro atoms. The number of nitrogens with one attached hydrogen (secondary N) is 1. The van der Waals surface area contributed by atoms with Crippen molar-refractivity contribution in [1.82, 2.24) is 9.03 Å². The van der Waals surface area contributed by atoms with E-state index >= 15 is 0 Å². The Hall–Kier alpha value is -1.44. The van der Waals surface area contributed by atoms with Crippen LogP contribution in [0.15, 0.2) is 23.4 Å². The molecule has 21 heavy (non-hydrogen) atoms. The Labute approximate surface area is 126 Å². The summed E-state index contributed by atoms with van der Waals surface area (Å²) in [6, 6.07) is 6.13. The SMILES string of the molecule is Cc1ccc(C2=NO[C@@H](CNS(=O)(=O)N(C)C)C2)cc1C. The van der Waals surface area contributed by atoms with Crippen LogP contribution in [-0.2, 0) is 15.0 Å². The number of aryl methyl sites for hydroxylation is 2. The molecule has 1 atom stereocenters. The van der Waals surface area contributed by atoms with Crippen molar-refractivity contribution >= 4 is 15.9 Å². The average molecular weight is 311 g/mol. The Morgan fingerprint density at radius 2 is 2.05 bits per heavy atom. The summed E-state index contributed by atoms with van der Waals surface area (Å²) in [4.78, 5) is 5.31. The zero-order valence-corrected chi connectivity index (χ0v) is 13.6. The van der Waals surface area contributed by atoms with Crippen LogP contribution in [0, 0.1) is 13.8 Å². The van der Waals surface area contributed by atoms with E-state index in [1.807, 2.05) is 6.07 Å². The van der Waals surface area contributed by atoms with Crippen molar-refractivity contribution in [2.24, 2.45) is 5.16 Å². The molecular formula is C14H21N3O3S. The van der Waals surface area contributed by atoms with E-state index in [2.05, 4.69) is 35.9 Å². The van der Waals surface area contributed by atoms with Gasteiger partial charge in [-0.05, 0) is 36.6 Å². The summed E-state index contributed by atoms with van der Waals surface area (Å²) in [5.41, 5.74) is 4.31. The first kappa shape index (κ1) is 15.9. The highest BCUT2D eigenvalue weighted by atomic mass is 32.2. The van der Waals surface area contributed by atoms with Crippen molar-refractivity contribution in [2.75, 3.05) is 20.6 Å². The smallest absolute Gasteiger partial charge is 0.279 e. The molecule has 0 unspecified atom stereocenters. The van der Waals surface area contributed by atoms with Gasteiger partial charge in [-0.2, -0.15) is 17.4 Å². The van der Waals surface area contributed by atoms with Gasteiger partial charge in [0, 0.05) is 20.5 Å². The third-order valence-corrected chi connectivity index (χ3v) is 5.04. The van der Waals surface area contributed by atoms with Crippen LogP contribution in [0.3, 0.4) is 0 Å². The van der Waals surface area contributed by atoms with Crippen molar-refractivity contribution in [3.8, 4) is 0 Å². The number of hydrogen-bond donors (Lipinski definition) is 1. The highest BCUT2D eigenvalue weighted by Crippen LogP contribution is 2.18. The van der Waals surface area contributed by atoms with Crippen LogP contribution in [0.2, 0.25) is 0 Å². The van der Waals surface area contributed by atoms with Crippen LogP contribution in [0.1, 0.15) is 23.1 Å². The highest BCUT2D eigenvalue weighted by Gasteiger charge is 2.24. The van der Waals surface area contributed by atoms with Crippen LogP contribution >= 0.6 is 0 Å². The van der Waals surface area contributed by atoms with Gasteiger partial charge in [0.05, 0.1) is 12.3 Å². The second-order valence-corrected chi connectivity index (χ2v) is 7.37. The summed E-state index contributed by atoms with van der Waals surface area (Å²) in [6.45, 7) is 4.32. The molecule has 1 aliphatic rings. The summed E-state index contributed by atoms with van der Waals surface area (Å²) < 4.78 is 26.9. The lowest BCUT2D eigenvalue weighted by atomic mass is 10.0. The molecule has 1 N–H and O–H groups in total. The average Bonchev–Trinajstić information content (AvgIpc) is 2.88. The number of benzene rings is 1. The molecule has 6 nitrogen and oxygen atoms in total. The maximum absolute atomic E-state index is 11.6. The minimum atomic E-state index is -3.43. The van der Waals surface area contributed by atoms with Crippen LogP contribution in [-0.4, -0.2) is 45.2 Å². The minimum absolute atomic E-state index is 0.207. The molecule has 0 aliphatic carbocycles. The first-order valence-electron chi connectivity index (χ1n) is 6.77. The number of hydrogen-bond acceptors (Lipinski definition) is 4. The van der Waals surface area contributed by atoms with E-state index in [1.165, 1.54) is 25.2 Å². The van der Waals surface area contributed by atoms with Crippen molar-refractivity contribution in [3.63, 3.8) is 0 Å². The van der Waals surface area contributed by atoms with E-state index < -0.39 is 10.2 Å². The molecule has 0 saturated heterocycles. The van der Waals surface area contributed by atoms with Gasteiger partial charge < -0.3 is 4.84 Å². The molecule has 2 rings (SSSR count). The summed E-state index contributed by atoms with van der Waals surface area (Å²) >= 11 is 0. The van der Waals surface area contributed by atoms with Crippen LogP contribution in [0.25, 0.3) is 0 Å². The van der Waals surface area contributed by atoms with E-state index in [9.17, 15) is 8.42 Å². The molecule has 7 heteroatoms. The number of oxime groups is 1. The fourth-order valence-corrected chi connectivity index (χ4v) is 2.61. The molecule has 1 heterocycles. The monoisotopic (exact) mass is 311 g/mol. The predicted octanol–water partition coefficient (Wildman–Crippen LogP) is 1.19. The zero-order valence-electron chi connectivity index (χ0n) is 12.8. The van der Waals surface area contributed by atoms with Gasteiger partial charge in [0.2, 0.25) is 0 Å². The Morgan fingerprint density at radius 1 is 1.33 bits per heavy atom. The lowest BCUT2D eigenvalue weighted by molar-refractivity contribution is 0.0888. The van der Waals surface area contributed by atoms with Gasteiger partial charge in [0.25, 0.3) is 10.2 Å². The summed E-state index contributed by atoms with van der Waals surface area (Å²) in [7, 11) is -0.466. The Kier molecular flexibility index (Phi) is 4.65. The maximum atomic E-state index is 11.6. The van der Waals surface area contributed by atoms with Crippen molar-refractivity contribution in [2.45, 2.75) is 26.4 Å². The first-order valence-corrected chi connectivity index (χ1v) is 8.21. The van der Waals surface area contributed by atoms with Gasteiger partial charge >= 0.3 is 0 Å². The lowest BCUT2D eigenvalue weighted by Crippen LogP contribution is -2.39.